The van der Waals surface area contributed by atoms with Crippen molar-refractivity contribution in [2.75, 3.05) is 6.61 Å². The van der Waals surface area contributed by atoms with E-state index >= 15 is 0 Å². The molecule has 1 aromatic heterocycles. The fourth-order valence-electron chi connectivity index (χ4n) is 3.68. The summed E-state index contributed by atoms with van der Waals surface area (Å²) in [6.45, 7) is 5.19. The van der Waals surface area contributed by atoms with Gasteiger partial charge in [-0.05, 0) is 18.1 Å². The number of hydrogen-bond acceptors (Lipinski definition) is 4. The quantitative estimate of drug-likeness (QED) is 0.857. The molecular formula is C15H21N3O2. The van der Waals surface area contributed by atoms with Crippen LogP contribution in [-0.2, 0) is 16.1 Å². The lowest BCUT2D eigenvalue weighted by Crippen LogP contribution is -2.80. The summed E-state index contributed by atoms with van der Waals surface area (Å²) in [5.74, 6) is 0.0458. The molecule has 0 radical (unpaired) electrons. The standard InChI is InChI=1S/C15H21N3O2/c1-14(2)12-11(5-7-20-12)15(14,16)13(19)18-9-10-4-3-6-17-8-10/h3-4,6,8,11-12H,5,7,9,16H2,1-2H3,(H,18,19). The highest BCUT2D eigenvalue weighted by molar-refractivity contribution is 5.89. The molecule has 2 heterocycles. The molecule has 2 fully saturated rings. The van der Waals surface area contributed by atoms with Crippen LogP contribution in [0.4, 0.5) is 0 Å². The van der Waals surface area contributed by atoms with Crippen LogP contribution in [0.5, 0.6) is 0 Å². The maximum Gasteiger partial charge on any atom is 0.241 e. The first-order valence-electron chi connectivity index (χ1n) is 7.05. The molecule has 108 valence electrons. The zero-order chi connectivity index (χ0) is 14.4. The van der Waals surface area contributed by atoms with Crippen LogP contribution < -0.4 is 11.1 Å². The lowest BCUT2D eigenvalue weighted by Gasteiger charge is -2.60. The average Bonchev–Trinajstić information content (AvgIpc) is 2.93. The van der Waals surface area contributed by atoms with Crippen LogP contribution in [0.3, 0.4) is 0 Å². The van der Waals surface area contributed by atoms with Gasteiger partial charge in [0, 0.05) is 36.9 Å². The highest BCUT2D eigenvalue weighted by Gasteiger charge is 2.71. The summed E-state index contributed by atoms with van der Waals surface area (Å²) in [4.78, 5) is 16.6. The molecule has 20 heavy (non-hydrogen) atoms. The first-order valence-corrected chi connectivity index (χ1v) is 7.05. The maximum absolute atomic E-state index is 12.6. The highest BCUT2D eigenvalue weighted by atomic mass is 16.5. The molecule has 5 heteroatoms. The molecule has 0 aromatic carbocycles. The van der Waals surface area contributed by atoms with Crippen molar-refractivity contribution >= 4 is 5.91 Å². The van der Waals surface area contributed by atoms with E-state index in [-0.39, 0.29) is 23.3 Å². The Morgan fingerprint density at radius 2 is 2.40 bits per heavy atom. The van der Waals surface area contributed by atoms with Crippen LogP contribution in [0.25, 0.3) is 0 Å². The number of pyridine rings is 1. The molecule has 1 saturated heterocycles. The van der Waals surface area contributed by atoms with E-state index in [1.54, 1.807) is 12.4 Å². The van der Waals surface area contributed by atoms with Crippen molar-refractivity contribution in [1.29, 1.82) is 0 Å². The van der Waals surface area contributed by atoms with Crippen molar-refractivity contribution in [3.05, 3.63) is 30.1 Å². The Bertz CT molecular complexity index is 517. The van der Waals surface area contributed by atoms with Gasteiger partial charge in [-0.2, -0.15) is 0 Å². The van der Waals surface area contributed by atoms with E-state index in [0.717, 1.165) is 12.0 Å². The minimum atomic E-state index is -0.837. The second kappa shape index (κ2) is 4.53. The van der Waals surface area contributed by atoms with Gasteiger partial charge in [0.1, 0.15) is 5.54 Å². The molecule has 2 aliphatic rings. The molecule has 1 aliphatic carbocycles. The summed E-state index contributed by atoms with van der Waals surface area (Å²) in [5.41, 5.74) is 6.28. The Kier molecular flexibility index (Phi) is 3.06. The van der Waals surface area contributed by atoms with E-state index in [2.05, 4.69) is 10.3 Å². The summed E-state index contributed by atoms with van der Waals surface area (Å²) in [7, 11) is 0. The summed E-state index contributed by atoms with van der Waals surface area (Å²) in [6.07, 6.45) is 4.43. The first kappa shape index (κ1) is 13.5. The topological polar surface area (TPSA) is 77.2 Å². The van der Waals surface area contributed by atoms with Crippen LogP contribution in [0.15, 0.2) is 24.5 Å². The number of carbonyl (C=O) groups excluding carboxylic acids is 1. The van der Waals surface area contributed by atoms with Crippen LogP contribution in [0, 0.1) is 11.3 Å². The van der Waals surface area contributed by atoms with Crippen LogP contribution in [0.2, 0.25) is 0 Å². The van der Waals surface area contributed by atoms with Gasteiger partial charge in [-0.1, -0.05) is 19.9 Å². The van der Waals surface area contributed by atoms with E-state index in [0.29, 0.717) is 13.2 Å². The first-order chi connectivity index (χ1) is 9.48. The molecule has 1 saturated carbocycles. The number of aromatic nitrogens is 1. The Hall–Kier alpha value is -1.46. The Labute approximate surface area is 118 Å². The number of nitrogens with one attached hydrogen (secondary N) is 1. The van der Waals surface area contributed by atoms with Crippen molar-refractivity contribution in [3.63, 3.8) is 0 Å². The molecule has 1 aliphatic heterocycles. The molecule has 3 rings (SSSR count). The van der Waals surface area contributed by atoms with Gasteiger partial charge in [0.25, 0.3) is 0 Å². The van der Waals surface area contributed by atoms with Gasteiger partial charge in [-0.3, -0.25) is 9.78 Å². The zero-order valence-corrected chi connectivity index (χ0v) is 11.9. The number of fused-ring (bicyclic) bond motifs is 1. The minimum Gasteiger partial charge on any atom is -0.377 e. The van der Waals surface area contributed by atoms with Gasteiger partial charge in [0.15, 0.2) is 0 Å². The molecule has 0 spiro atoms. The van der Waals surface area contributed by atoms with Crippen molar-refractivity contribution in [2.45, 2.75) is 38.5 Å². The largest absolute Gasteiger partial charge is 0.377 e. The van der Waals surface area contributed by atoms with Gasteiger partial charge in [-0.25, -0.2) is 0 Å². The third-order valence-electron chi connectivity index (χ3n) is 5.01. The molecule has 3 unspecified atom stereocenters. The molecule has 5 nitrogen and oxygen atoms in total. The van der Waals surface area contributed by atoms with Gasteiger partial charge in [-0.15, -0.1) is 0 Å². The summed E-state index contributed by atoms with van der Waals surface area (Å²) in [5, 5.41) is 2.95. The Balaban J connectivity index is 1.70. The molecule has 1 aromatic rings. The van der Waals surface area contributed by atoms with Crippen molar-refractivity contribution < 1.29 is 9.53 Å². The molecule has 0 bridgehead atoms. The number of amides is 1. The molecule has 3 N–H and O–H groups in total. The number of nitrogens with zero attached hydrogens (tertiary/aromatic N) is 1. The molecular weight excluding hydrogens is 254 g/mol. The third-order valence-corrected chi connectivity index (χ3v) is 5.01. The average molecular weight is 275 g/mol. The van der Waals surface area contributed by atoms with Crippen LogP contribution in [-0.4, -0.2) is 29.1 Å². The predicted octanol–water partition coefficient (Wildman–Crippen LogP) is 0.840. The zero-order valence-electron chi connectivity index (χ0n) is 11.9. The lowest BCUT2D eigenvalue weighted by atomic mass is 9.48. The maximum atomic E-state index is 12.6. The number of rotatable bonds is 3. The van der Waals surface area contributed by atoms with Gasteiger partial charge in [0.2, 0.25) is 5.91 Å². The van der Waals surface area contributed by atoms with Gasteiger partial charge < -0.3 is 15.8 Å². The van der Waals surface area contributed by atoms with E-state index < -0.39 is 5.54 Å². The van der Waals surface area contributed by atoms with Gasteiger partial charge in [0.05, 0.1) is 6.10 Å². The number of hydrogen-bond donors (Lipinski definition) is 2. The normalized spacial score (nSPS) is 34.1. The lowest BCUT2D eigenvalue weighted by molar-refractivity contribution is -0.175. The second-order valence-corrected chi connectivity index (χ2v) is 6.32. The van der Waals surface area contributed by atoms with Crippen molar-refractivity contribution in [2.24, 2.45) is 17.1 Å². The Morgan fingerprint density at radius 1 is 1.60 bits per heavy atom. The van der Waals surface area contributed by atoms with Crippen LogP contribution in [0.1, 0.15) is 25.8 Å². The summed E-state index contributed by atoms with van der Waals surface area (Å²) < 4.78 is 5.71. The molecule has 1 amide bonds. The monoisotopic (exact) mass is 275 g/mol. The fraction of sp³-hybridized carbons (Fsp3) is 0.600. The molecule has 3 atom stereocenters. The summed E-state index contributed by atoms with van der Waals surface area (Å²) >= 11 is 0. The smallest absolute Gasteiger partial charge is 0.241 e. The minimum absolute atomic E-state index is 0.0851. The van der Waals surface area contributed by atoms with E-state index in [1.807, 2.05) is 26.0 Å². The SMILES string of the molecule is CC1(C)C2OCCC2C1(N)C(=O)NCc1cccnc1. The fourth-order valence-corrected chi connectivity index (χ4v) is 3.68. The predicted molar refractivity (Wildman–Crippen MR) is 74.6 cm³/mol. The van der Waals surface area contributed by atoms with E-state index in [9.17, 15) is 4.79 Å². The van der Waals surface area contributed by atoms with E-state index in [4.69, 9.17) is 10.5 Å². The second-order valence-electron chi connectivity index (χ2n) is 6.32. The highest BCUT2D eigenvalue weighted by Crippen LogP contribution is 2.58. The van der Waals surface area contributed by atoms with Crippen LogP contribution >= 0.6 is 0 Å². The van der Waals surface area contributed by atoms with Crippen molar-refractivity contribution in [3.8, 4) is 0 Å². The number of nitrogens with two attached hydrogens (primary N) is 1. The van der Waals surface area contributed by atoms with Gasteiger partial charge >= 0.3 is 0 Å². The van der Waals surface area contributed by atoms with Crippen molar-refractivity contribution in [1.82, 2.24) is 10.3 Å². The van der Waals surface area contributed by atoms with E-state index in [1.165, 1.54) is 0 Å². The Morgan fingerprint density at radius 3 is 3.10 bits per heavy atom. The third kappa shape index (κ3) is 1.70. The summed E-state index contributed by atoms with van der Waals surface area (Å²) in [6, 6.07) is 3.79. The number of carbonyl (C=O) groups is 1. The number of ether oxygens (including phenoxy) is 1.